The summed E-state index contributed by atoms with van der Waals surface area (Å²) in [5, 5.41) is 11.5. The van der Waals surface area contributed by atoms with Gasteiger partial charge in [-0.3, -0.25) is 9.59 Å². The Morgan fingerprint density at radius 1 is 1.36 bits per heavy atom. The third-order valence-corrected chi connectivity index (χ3v) is 2.78. The first kappa shape index (κ1) is 9.24. The molecule has 76 valence electrons. The highest BCUT2D eigenvalue weighted by Gasteiger charge is 2.48. The second-order valence-electron chi connectivity index (χ2n) is 3.91. The largest absolute Gasteiger partial charge is 0.481 e. The number of allylic oxidation sites excluding steroid dienone is 1. The highest BCUT2D eigenvalue weighted by molar-refractivity contribution is 5.89. The van der Waals surface area contributed by atoms with Gasteiger partial charge in [-0.15, -0.1) is 0 Å². The van der Waals surface area contributed by atoms with E-state index in [1.54, 1.807) is 0 Å². The van der Waals surface area contributed by atoms with Gasteiger partial charge in [-0.1, -0.05) is 12.2 Å². The van der Waals surface area contributed by atoms with Crippen molar-refractivity contribution in [2.75, 3.05) is 0 Å². The molecule has 2 aliphatic rings. The average Bonchev–Trinajstić information content (AvgIpc) is 2.80. The van der Waals surface area contributed by atoms with Gasteiger partial charge >= 0.3 is 5.97 Å². The highest BCUT2D eigenvalue weighted by atomic mass is 16.4. The Hall–Kier alpha value is -1.32. The number of carbonyl (C=O) groups is 2. The molecule has 1 amide bonds. The van der Waals surface area contributed by atoms with Gasteiger partial charge in [-0.05, 0) is 19.3 Å². The van der Waals surface area contributed by atoms with E-state index in [9.17, 15) is 9.59 Å². The van der Waals surface area contributed by atoms with Crippen LogP contribution in [0.5, 0.6) is 0 Å². The zero-order chi connectivity index (χ0) is 10.1. The molecule has 2 rings (SSSR count). The fourth-order valence-electron chi connectivity index (χ4n) is 1.80. The third-order valence-electron chi connectivity index (χ3n) is 2.78. The Morgan fingerprint density at radius 3 is 2.64 bits per heavy atom. The Balaban J connectivity index is 1.80. The summed E-state index contributed by atoms with van der Waals surface area (Å²) in [6.45, 7) is 0. The number of carbonyl (C=O) groups excluding carboxylic acids is 1. The minimum absolute atomic E-state index is 0.103. The second kappa shape index (κ2) is 3.44. The van der Waals surface area contributed by atoms with Crippen LogP contribution in [0, 0.1) is 11.8 Å². The Kier molecular flexibility index (Phi) is 2.27. The molecule has 0 aliphatic heterocycles. The van der Waals surface area contributed by atoms with Crippen molar-refractivity contribution in [3.05, 3.63) is 12.2 Å². The first-order chi connectivity index (χ1) is 6.68. The van der Waals surface area contributed by atoms with E-state index in [0.717, 1.165) is 12.8 Å². The lowest BCUT2D eigenvalue weighted by atomic mass is 10.2. The maximum atomic E-state index is 11.5. The SMILES string of the molecule is O=C(NC1C=CCC1)[C@H]1C[C@H]1C(=O)O. The van der Waals surface area contributed by atoms with E-state index in [2.05, 4.69) is 5.32 Å². The molecular weight excluding hydrogens is 182 g/mol. The van der Waals surface area contributed by atoms with Crippen molar-refractivity contribution in [3.8, 4) is 0 Å². The maximum Gasteiger partial charge on any atom is 0.307 e. The molecule has 0 aromatic heterocycles. The standard InChI is InChI=1S/C10H13NO3/c12-9(7-5-8(7)10(13)14)11-6-3-1-2-4-6/h1,3,6-8H,2,4-5H2,(H,11,12)(H,13,14)/t6?,7-,8+/m0/s1. The van der Waals surface area contributed by atoms with E-state index in [4.69, 9.17) is 5.11 Å². The van der Waals surface area contributed by atoms with Gasteiger partial charge in [0.05, 0.1) is 11.8 Å². The molecule has 14 heavy (non-hydrogen) atoms. The summed E-state index contributed by atoms with van der Waals surface area (Å²) in [6, 6.07) is 0.123. The van der Waals surface area contributed by atoms with Crippen molar-refractivity contribution >= 4 is 11.9 Å². The summed E-state index contributed by atoms with van der Waals surface area (Å²) in [5.74, 6) is -1.69. The number of carboxylic acid groups (broad SMARTS) is 1. The van der Waals surface area contributed by atoms with Crippen LogP contribution in [0.25, 0.3) is 0 Å². The van der Waals surface area contributed by atoms with Gasteiger partial charge in [0.2, 0.25) is 5.91 Å². The minimum Gasteiger partial charge on any atom is -0.481 e. The van der Waals surface area contributed by atoms with E-state index in [1.165, 1.54) is 0 Å². The third kappa shape index (κ3) is 1.78. The summed E-state index contributed by atoms with van der Waals surface area (Å²) < 4.78 is 0. The second-order valence-corrected chi connectivity index (χ2v) is 3.91. The molecule has 1 fully saturated rings. The summed E-state index contributed by atoms with van der Waals surface area (Å²) in [6.07, 6.45) is 6.44. The predicted molar refractivity (Wildman–Crippen MR) is 49.5 cm³/mol. The molecule has 4 nitrogen and oxygen atoms in total. The first-order valence-electron chi connectivity index (χ1n) is 4.88. The van der Waals surface area contributed by atoms with E-state index in [0.29, 0.717) is 6.42 Å². The molecular formula is C10H13NO3. The molecule has 3 atom stereocenters. The van der Waals surface area contributed by atoms with E-state index >= 15 is 0 Å². The number of rotatable bonds is 3. The van der Waals surface area contributed by atoms with Crippen LogP contribution in [-0.4, -0.2) is 23.0 Å². The Bertz CT molecular complexity index is 298. The monoisotopic (exact) mass is 195 g/mol. The van der Waals surface area contributed by atoms with Crippen LogP contribution < -0.4 is 5.32 Å². The molecule has 4 heteroatoms. The fraction of sp³-hybridized carbons (Fsp3) is 0.600. The molecule has 1 saturated carbocycles. The van der Waals surface area contributed by atoms with E-state index in [1.807, 2.05) is 12.2 Å². The topological polar surface area (TPSA) is 66.4 Å². The summed E-state index contributed by atoms with van der Waals surface area (Å²) >= 11 is 0. The molecule has 2 aliphatic carbocycles. The quantitative estimate of drug-likeness (QED) is 0.646. The van der Waals surface area contributed by atoms with E-state index < -0.39 is 11.9 Å². The van der Waals surface area contributed by atoms with Crippen LogP contribution in [-0.2, 0) is 9.59 Å². The lowest BCUT2D eigenvalue weighted by Gasteiger charge is -2.09. The number of hydrogen-bond donors (Lipinski definition) is 2. The van der Waals surface area contributed by atoms with Crippen LogP contribution >= 0.6 is 0 Å². The van der Waals surface area contributed by atoms with Crippen molar-refractivity contribution in [2.45, 2.75) is 25.3 Å². The van der Waals surface area contributed by atoms with E-state index in [-0.39, 0.29) is 17.9 Å². The smallest absolute Gasteiger partial charge is 0.307 e. The molecule has 0 bridgehead atoms. The van der Waals surface area contributed by atoms with Gasteiger partial charge in [0.15, 0.2) is 0 Å². The van der Waals surface area contributed by atoms with Crippen LogP contribution in [0.3, 0.4) is 0 Å². The predicted octanol–water partition coefficient (Wildman–Crippen LogP) is 0.542. The normalized spacial score (nSPS) is 34.1. The lowest BCUT2D eigenvalue weighted by Crippen LogP contribution is -2.33. The number of aliphatic carboxylic acids is 1. The Labute approximate surface area is 82.0 Å². The van der Waals surface area contributed by atoms with Crippen molar-refractivity contribution in [2.24, 2.45) is 11.8 Å². The number of hydrogen-bond acceptors (Lipinski definition) is 2. The van der Waals surface area contributed by atoms with Crippen molar-refractivity contribution in [1.29, 1.82) is 0 Å². The van der Waals surface area contributed by atoms with Crippen LogP contribution in [0.15, 0.2) is 12.2 Å². The van der Waals surface area contributed by atoms with Crippen LogP contribution in [0.4, 0.5) is 0 Å². The molecule has 0 radical (unpaired) electrons. The van der Waals surface area contributed by atoms with Crippen LogP contribution in [0.2, 0.25) is 0 Å². The molecule has 2 N–H and O–H groups in total. The van der Waals surface area contributed by atoms with Gasteiger partial charge in [0.1, 0.15) is 0 Å². The molecule has 0 aromatic carbocycles. The van der Waals surface area contributed by atoms with Gasteiger partial charge in [0, 0.05) is 6.04 Å². The lowest BCUT2D eigenvalue weighted by molar-refractivity contribution is -0.140. The molecule has 0 aromatic rings. The molecule has 1 unspecified atom stereocenters. The van der Waals surface area contributed by atoms with Gasteiger partial charge in [-0.25, -0.2) is 0 Å². The average molecular weight is 195 g/mol. The summed E-state index contributed by atoms with van der Waals surface area (Å²) in [7, 11) is 0. The summed E-state index contributed by atoms with van der Waals surface area (Å²) in [5.41, 5.74) is 0. The fourth-order valence-corrected chi connectivity index (χ4v) is 1.80. The van der Waals surface area contributed by atoms with Crippen molar-refractivity contribution < 1.29 is 14.7 Å². The number of nitrogens with one attached hydrogen (secondary N) is 1. The van der Waals surface area contributed by atoms with Crippen molar-refractivity contribution in [3.63, 3.8) is 0 Å². The van der Waals surface area contributed by atoms with Crippen molar-refractivity contribution in [1.82, 2.24) is 5.32 Å². The van der Waals surface area contributed by atoms with Gasteiger partial charge in [-0.2, -0.15) is 0 Å². The number of amides is 1. The molecule has 0 saturated heterocycles. The molecule has 0 heterocycles. The number of carboxylic acids is 1. The maximum absolute atomic E-state index is 11.5. The zero-order valence-electron chi connectivity index (χ0n) is 7.77. The zero-order valence-corrected chi connectivity index (χ0v) is 7.77. The van der Waals surface area contributed by atoms with Crippen LogP contribution in [0.1, 0.15) is 19.3 Å². The Morgan fingerprint density at radius 2 is 2.14 bits per heavy atom. The minimum atomic E-state index is -0.855. The molecule has 0 spiro atoms. The highest BCUT2D eigenvalue weighted by Crippen LogP contribution is 2.38. The first-order valence-corrected chi connectivity index (χ1v) is 4.88. The van der Waals surface area contributed by atoms with Gasteiger partial charge in [0.25, 0.3) is 0 Å². The summed E-state index contributed by atoms with van der Waals surface area (Å²) in [4.78, 5) is 22.0. The van der Waals surface area contributed by atoms with Gasteiger partial charge < -0.3 is 10.4 Å².